The van der Waals surface area contributed by atoms with Crippen molar-refractivity contribution in [2.45, 2.75) is 25.7 Å². The highest BCUT2D eigenvalue weighted by molar-refractivity contribution is 5.96. The predicted molar refractivity (Wildman–Crippen MR) is 110 cm³/mol. The van der Waals surface area contributed by atoms with Gasteiger partial charge in [0, 0.05) is 36.2 Å². The highest BCUT2D eigenvalue weighted by atomic mass is 16.2. The number of hydrogen-bond acceptors (Lipinski definition) is 3. The van der Waals surface area contributed by atoms with Gasteiger partial charge in [-0.05, 0) is 42.5 Å². The van der Waals surface area contributed by atoms with Crippen LogP contribution in [-0.2, 0) is 22.4 Å². The van der Waals surface area contributed by atoms with Gasteiger partial charge in [0.1, 0.15) is 0 Å². The summed E-state index contributed by atoms with van der Waals surface area (Å²) in [4.78, 5) is 28.9. The summed E-state index contributed by atoms with van der Waals surface area (Å²) in [6, 6.07) is 17.9. The summed E-state index contributed by atoms with van der Waals surface area (Å²) in [7, 11) is 0. The van der Waals surface area contributed by atoms with Crippen LogP contribution in [-0.4, -0.2) is 23.3 Å². The molecule has 4 rings (SSSR count). The van der Waals surface area contributed by atoms with Gasteiger partial charge in [-0.1, -0.05) is 42.5 Å². The Kier molecular flexibility index (Phi) is 5.33. The first-order chi connectivity index (χ1) is 13.7. The topological polar surface area (TPSA) is 71.1 Å². The van der Waals surface area contributed by atoms with Crippen molar-refractivity contribution in [3.8, 4) is 0 Å². The zero-order valence-electron chi connectivity index (χ0n) is 15.7. The predicted octanol–water partition coefficient (Wildman–Crippen LogP) is 3.48. The van der Waals surface area contributed by atoms with Gasteiger partial charge in [-0.3, -0.25) is 14.6 Å². The molecular weight excluding hydrogens is 350 g/mol. The molecule has 1 aromatic heterocycles. The number of benzene rings is 2. The van der Waals surface area contributed by atoms with Crippen molar-refractivity contribution in [3.05, 3.63) is 71.9 Å². The number of anilines is 1. The van der Waals surface area contributed by atoms with Gasteiger partial charge in [0.2, 0.25) is 11.8 Å². The minimum atomic E-state index is -0.150. The molecular formula is C23H23N3O2. The maximum absolute atomic E-state index is 12.2. The molecule has 1 atom stereocenters. The maximum atomic E-state index is 12.2. The Morgan fingerprint density at radius 2 is 1.96 bits per heavy atom. The highest BCUT2D eigenvalue weighted by Crippen LogP contribution is 2.27. The number of carbonyl (C=O) groups is 2. The van der Waals surface area contributed by atoms with Gasteiger partial charge in [-0.2, -0.15) is 0 Å². The van der Waals surface area contributed by atoms with Gasteiger partial charge >= 0.3 is 0 Å². The van der Waals surface area contributed by atoms with Crippen LogP contribution in [0, 0.1) is 5.92 Å². The molecule has 2 aromatic carbocycles. The summed E-state index contributed by atoms with van der Waals surface area (Å²) in [5, 5.41) is 7.02. The lowest BCUT2D eigenvalue weighted by Crippen LogP contribution is -2.32. The van der Waals surface area contributed by atoms with Crippen molar-refractivity contribution in [3.63, 3.8) is 0 Å². The molecule has 28 heavy (non-hydrogen) atoms. The first-order valence-electron chi connectivity index (χ1n) is 9.69. The third-order valence-electron chi connectivity index (χ3n) is 5.26. The van der Waals surface area contributed by atoms with Crippen molar-refractivity contribution in [2.24, 2.45) is 5.92 Å². The number of nitrogens with one attached hydrogen (secondary N) is 2. The van der Waals surface area contributed by atoms with Gasteiger partial charge in [-0.25, -0.2) is 0 Å². The van der Waals surface area contributed by atoms with Crippen LogP contribution < -0.4 is 10.6 Å². The molecule has 1 aliphatic rings. The number of amides is 2. The lowest BCUT2D eigenvalue weighted by molar-refractivity contribution is -0.122. The number of carbonyl (C=O) groups excluding carboxylic acids is 2. The first-order valence-corrected chi connectivity index (χ1v) is 9.69. The number of para-hydroxylation sites is 2. The van der Waals surface area contributed by atoms with E-state index < -0.39 is 0 Å². The second kappa shape index (κ2) is 8.21. The van der Waals surface area contributed by atoms with Gasteiger partial charge in [-0.15, -0.1) is 0 Å². The molecule has 0 spiro atoms. The van der Waals surface area contributed by atoms with Crippen molar-refractivity contribution in [1.29, 1.82) is 0 Å². The molecule has 0 saturated heterocycles. The maximum Gasteiger partial charge on any atom is 0.227 e. The monoisotopic (exact) mass is 373 g/mol. The van der Waals surface area contributed by atoms with Gasteiger partial charge in [0.15, 0.2) is 0 Å². The van der Waals surface area contributed by atoms with Gasteiger partial charge < -0.3 is 10.6 Å². The molecule has 0 radical (unpaired) electrons. The molecule has 5 nitrogen and oxygen atoms in total. The molecule has 142 valence electrons. The molecule has 1 aliphatic heterocycles. The summed E-state index contributed by atoms with van der Waals surface area (Å²) in [6.45, 7) is 0.564. The Morgan fingerprint density at radius 1 is 1.11 bits per heavy atom. The van der Waals surface area contributed by atoms with E-state index in [2.05, 4.69) is 15.6 Å². The Hall–Kier alpha value is -3.21. The lowest BCUT2D eigenvalue weighted by atomic mass is 9.89. The number of rotatable bonds is 6. The Balaban J connectivity index is 1.27. The van der Waals surface area contributed by atoms with Crippen molar-refractivity contribution >= 4 is 28.4 Å². The average molecular weight is 373 g/mol. The van der Waals surface area contributed by atoms with Crippen molar-refractivity contribution in [1.82, 2.24) is 10.3 Å². The molecule has 0 aliphatic carbocycles. The summed E-state index contributed by atoms with van der Waals surface area (Å²) >= 11 is 0. The molecule has 0 unspecified atom stereocenters. The minimum absolute atomic E-state index is 0.00771. The fourth-order valence-corrected chi connectivity index (χ4v) is 3.75. The number of pyridine rings is 1. The van der Waals surface area contributed by atoms with Crippen LogP contribution in [0.2, 0.25) is 0 Å². The van der Waals surface area contributed by atoms with E-state index in [0.717, 1.165) is 34.1 Å². The minimum Gasteiger partial charge on any atom is -0.356 e. The molecule has 2 heterocycles. The van der Waals surface area contributed by atoms with E-state index in [1.165, 1.54) is 0 Å². The molecule has 2 amide bonds. The summed E-state index contributed by atoms with van der Waals surface area (Å²) < 4.78 is 0. The fourth-order valence-electron chi connectivity index (χ4n) is 3.75. The number of fused-ring (bicyclic) bond motifs is 2. The molecule has 3 aromatic rings. The summed E-state index contributed by atoms with van der Waals surface area (Å²) in [5.41, 5.74) is 4.13. The Morgan fingerprint density at radius 3 is 2.89 bits per heavy atom. The quantitative estimate of drug-likeness (QED) is 0.695. The van der Waals surface area contributed by atoms with E-state index in [0.29, 0.717) is 25.8 Å². The third kappa shape index (κ3) is 4.03. The van der Waals surface area contributed by atoms with Crippen LogP contribution in [0.1, 0.15) is 24.0 Å². The lowest BCUT2D eigenvalue weighted by Gasteiger charge is -2.24. The van der Waals surface area contributed by atoms with Crippen LogP contribution >= 0.6 is 0 Å². The number of aromatic nitrogens is 1. The van der Waals surface area contributed by atoms with E-state index >= 15 is 0 Å². The molecule has 0 fully saturated rings. The standard InChI is InChI=1S/C23H23N3O2/c27-21(11-10-19-15-18-5-1-2-9-20(18)26-23(19)28)24-14-12-17-7-3-6-16-8-4-13-25-22(16)17/h1-9,13,19H,10-12,14-15H2,(H,24,27)(H,26,28)/t19-/m0/s1. The van der Waals surface area contributed by atoms with Crippen molar-refractivity contribution < 1.29 is 9.59 Å². The number of nitrogens with zero attached hydrogens (tertiary/aromatic N) is 1. The highest BCUT2D eigenvalue weighted by Gasteiger charge is 2.26. The first kappa shape index (κ1) is 18.2. The zero-order valence-corrected chi connectivity index (χ0v) is 15.7. The van der Waals surface area contributed by atoms with Crippen LogP contribution in [0.3, 0.4) is 0 Å². The van der Waals surface area contributed by atoms with E-state index in [-0.39, 0.29) is 17.7 Å². The molecule has 5 heteroatoms. The van der Waals surface area contributed by atoms with Crippen LogP contribution in [0.4, 0.5) is 5.69 Å². The zero-order chi connectivity index (χ0) is 19.3. The number of hydrogen-bond donors (Lipinski definition) is 2. The van der Waals surface area contributed by atoms with E-state index in [1.807, 2.05) is 54.6 Å². The Bertz CT molecular complexity index is 1010. The SMILES string of the molecule is O=C(CC[C@H]1Cc2ccccc2NC1=O)NCCc1cccc2cccnc12. The van der Waals surface area contributed by atoms with E-state index in [4.69, 9.17) is 0 Å². The fraction of sp³-hybridized carbons (Fsp3) is 0.261. The third-order valence-corrected chi connectivity index (χ3v) is 5.26. The van der Waals surface area contributed by atoms with Gasteiger partial charge in [0.25, 0.3) is 0 Å². The molecule has 2 N–H and O–H groups in total. The average Bonchev–Trinajstić information content (AvgIpc) is 2.72. The van der Waals surface area contributed by atoms with Crippen LogP contribution in [0.15, 0.2) is 60.8 Å². The van der Waals surface area contributed by atoms with Crippen LogP contribution in [0.25, 0.3) is 10.9 Å². The normalized spacial score (nSPS) is 15.7. The molecule has 0 bridgehead atoms. The van der Waals surface area contributed by atoms with Gasteiger partial charge in [0.05, 0.1) is 5.52 Å². The second-order valence-corrected chi connectivity index (χ2v) is 7.18. The summed E-state index contributed by atoms with van der Waals surface area (Å²) in [6.07, 6.45) is 4.13. The molecule has 0 saturated carbocycles. The van der Waals surface area contributed by atoms with E-state index in [9.17, 15) is 9.59 Å². The smallest absolute Gasteiger partial charge is 0.227 e. The van der Waals surface area contributed by atoms with Crippen LogP contribution in [0.5, 0.6) is 0 Å². The second-order valence-electron chi connectivity index (χ2n) is 7.18. The summed E-state index contributed by atoms with van der Waals surface area (Å²) in [5.74, 6) is -0.156. The van der Waals surface area contributed by atoms with Crippen molar-refractivity contribution in [2.75, 3.05) is 11.9 Å². The van der Waals surface area contributed by atoms with E-state index in [1.54, 1.807) is 6.20 Å². The largest absolute Gasteiger partial charge is 0.356 e. The Labute approximate surface area is 164 Å².